The van der Waals surface area contributed by atoms with Gasteiger partial charge in [-0.05, 0) is 31.9 Å². The number of hydrogen-bond donors (Lipinski definition) is 1. The van der Waals surface area contributed by atoms with Crippen molar-refractivity contribution in [3.63, 3.8) is 0 Å². The third-order valence-electron chi connectivity index (χ3n) is 5.56. The van der Waals surface area contributed by atoms with Gasteiger partial charge in [0.05, 0.1) is 30.2 Å². The minimum atomic E-state index is -1.11. The van der Waals surface area contributed by atoms with Gasteiger partial charge in [-0.1, -0.05) is 25.0 Å². The van der Waals surface area contributed by atoms with Crippen LogP contribution in [0.25, 0.3) is 0 Å². The summed E-state index contributed by atoms with van der Waals surface area (Å²) < 4.78 is 9.67. The number of para-hydroxylation sites is 1. The summed E-state index contributed by atoms with van der Waals surface area (Å²) in [6.07, 6.45) is 3.07. The van der Waals surface area contributed by atoms with Crippen molar-refractivity contribution >= 4 is 35.3 Å². The molecule has 9 nitrogen and oxygen atoms in total. The molecule has 0 aromatic heterocycles. The van der Waals surface area contributed by atoms with E-state index in [2.05, 4.69) is 10.1 Å². The van der Waals surface area contributed by atoms with Crippen molar-refractivity contribution in [1.29, 1.82) is 0 Å². The summed E-state index contributed by atoms with van der Waals surface area (Å²) >= 11 is 0. The minimum Gasteiger partial charge on any atom is -0.465 e. The van der Waals surface area contributed by atoms with Gasteiger partial charge in [0.15, 0.2) is 6.61 Å². The van der Waals surface area contributed by atoms with E-state index in [0.29, 0.717) is 12.8 Å². The number of fused-ring (bicyclic) bond motifs is 1. The van der Waals surface area contributed by atoms with Crippen LogP contribution in [0.5, 0.6) is 0 Å². The monoisotopic (exact) mass is 416 g/mol. The molecule has 0 bridgehead atoms. The van der Waals surface area contributed by atoms with Crippen LogP contribution in [-0.2, 0) is 28.7 Å². The van der Waals surface area contributed by atoms with Crippen LogP contribution in [0.1, 0.15) is 43.0 Å². The highest BCUT2D eigenvalue weighted by Gasteiger charge is 2.51. The number of imide groups is 1. The molecule has 2 aliphatic rings. The number of carbonyl (C=O) groups is 5. The molecule has 1 aliphatic carbocycles. The van der Waals surface area contributed by atoms with Gasteiger partial charge >= 0.3 is 11.9 Å². The van der Waals surface area contributed by atoms with Crippen molar-refractivity contribution in [2.45, 2.75) is 38.6 Å². The summed E-state index contributed by atoms with van der Waals surface area (Å²) in [7, 11) is 1.22. The summed E-state index contributed by atoms with van der Waals surface area (Å²) in [5.41, 5.74) is 0.372. The van der Waals surface area contributed by atoms with E-state index in [1.807, 2.05) is 0 Å². The molecule has 0 radical (unpaired) electrons. The number of anilines is 1. The van der Waals surface area contributed by atoms with Crippen molar-refractivity contribution < 1.29 is 33.4 Å². The molecule has 3 atom stereocenters. The van der Waals surface area contributed by atoms with Crippen LogP contribution in [0.2, 0.25) is 0 Å². The van der Waals surface area contributed by atoms with Crippen LogP contribution in [0.15, 0.2) is 24.3 Å². The van der Waals surface area contributed by atoms with Crippen LogP contribution in [0.4, 0.5) is 5.69 Å². The molecular formula is C21H24N2O7. The Balaban J connectivity index is 1.58. The second-order valence-electron chi connectivity index (χ2n) is 7.41. The first kappa shape index (κ1) is 21.5. The number of nitrogens with zero attached hydrogens (tertiary/aromatic N) is 1. The maximum Gasteiger partial charge on any atom is 0.339 e. The number of methoxy groups -OCH3 is 1. The third kappa shape index (κ3) is 4.19. The molecule has 9 heteroatoms. The lowest BCUT2D eigenvalue weighted by molar-refractivity contribution is -0.159. The summed E-state index contributed by atoms with van der Waals surface area (Å²) in [6, 6.07) is 5.13. The molecule has 1 heterocycles. The zero-order valence-electron chi connectivity index (χ0n) is 16.9. The second-order valence-corrected chi connectivity index (χ2v) is 7.41. The summed E-state index contributed by atoms with van der Waals surface area (Å²) in [4.78, 5) is 62.4. The maximum atomic E-state index is 12.6. The number of ether oxygens (including phenoxy) is 2. The van der Waals surface area contributed by atoms with Gasteiger partial charge in [0.2, 0.25) is 11.8 Å². The van der Waals surface area contributed by atoms with Gasteiger partial charge in [-0.3, -0.25) is 19.3 Å². The third-order valence-corrected chi connectivity index (χ3v) is 5.56. The Hall–Kier alpha value is -3.23. The van der Waals surface area contributed by atoms with Gasteiger partial charge in [0.25, 0.3) is 5.91 Å². The van der Waals surface area contributed by atoms with E-state index in [0.717, 1.165) is 17.7 Å². The van der Waals surface area contributed by atoms with E-state index in [4.69, 9.17) is 4.74 Å². The standard InChI is InChI=1S/C21H24N2O7/c1-12(23-18(25)13-7-3-4-8-14(13)19(23)26)20(27)30-11-17(24)22-16-10-6-5-9-15(16)21(28)29-2/h5-6,9-10,12-14H,3-4,7-8,11H2,1-2H3,(H,22,24)/t12-,13-,14+/m0/s1. The van der Waals surface area contributed by atoms with Gasteiger partial charge in [0, 0.05) is 0 Å². The molecule has 1 aromatic carbocycles. The average molecular weight is 416 g/mol. The van der Waals surface area contributed by atoms with Crippen LogP contribution < -0.4 is 5.32 Å². The van der Waals surface area contributed by atoms with Gasteiger partial charge < -0.3 is 14.8 Å². The quantitative estimate of drug-likeness (QED) is 0.551. The lowest BCUT2D eigenvalue weighted by Gasteiger charge is -2.21. The number of hydrogen-bond acceptors (Lipinski definition) is 7. The fraction of sp³-hybridized carbons (Fsp3) is 0.476. The van der Waals surface area contributed by atoms with Gasteiger partial charge in [0.1, 0.15) is 6.04 Å². The molecule has 160 valence electrons. The van der Waals surface area contributed by atoms with E-state index >= 15 is 0 Å². The Labute approximate surface area is 173 Å². The van der Waals surface area contributed by atoms with Gasteiger partial charge in [-0.2, -0.15) is 0 Å². The fourth-order valence-corrected chi connectivity index (χ4v) is 4.00. The van der Waals surface area contributed by atoms with Crippen molar-refractivity contribution in [1.82, 2.24) is 4.90 Å². The topological polar surface area (TPSA) is 119 Å². The van der Waals surface area contributed by atoms with Gasteiger partial charge in [-0.25, -0.2) is 9.59 Å². The van der Waals surface area contributed by atoms with Crippen LogP contribution in [0.3, 0.4) is 0 Å². The van der Waals surface area contributed by atoms with Crippen molar-refractivity contribution in [2.24, 2.45) is 11.8 Å². The van der Waals surface area contributed by atoms with E-state index in [-0.39, 0.29) is 34.9 Å². The van der Waals surface area contributed by atoms with Crippen molar-refractivity contribution in [3.05, 3.63) is 29.8 Å². The zero-order chi connectivity index (χ0) is 21.8. The predicted octanol–water partition coefficient (Wildman–Crippen LogP) is 1.52. The molecule has 3 rings (SSSR count). The Bertz CT molecular complexity index is 858. The van der Waals surface area contributed by atoms with Crippen LogP contribution in [0, 0.1) is 11.8 Å². The molecule has 2 fully saturated rings. The number of nitrogens with one attached hydrogen (secondary N) is 1. The first-order chi connectivity index (χ1) is 14.3. The van der Waals surface area contributed by atoms with Crippen LogP contribution in [-0.4, -0.2) is 54.3 Å². The van der Waals surface area contributed by atoms with Gasteiger partial charge in [-0.15, -0.1) is 0 Å². The number of carbonyl (C=O) groups excluding carboxylic acids is 5. The fourth-order valence-electron chi connectivity index (χ4n) is 4.00. The number of benzene rings is 1. The van der Waals surface area contributed by atoms with Crippen LogP contribution >= 0.6 is 0 Å². The largest absolute Gasteiger partial charge is 0.465 e. The molecule has 0 spiro atoms. The molecule has 1 saturated heterocycles. The molecule has 1 N–H and O–H groups in total. The number of likely N-dealkylation sites (tertiary alicyclic amines) is 1. The zero-order valence-corrected chi connectivity index (χ0v) is 16.9. The maximum absolute atomic E-state index is 12.6. The molecule has 1 aromatic rings. The molecule has 3 amide bonds. The smallest absolute Gasteiger partial charge is 0.339 e. The molecular weight excluding hydrogens is 392 g/mol. The number of esters is 2. The summed E-state index contributed by atoms with van der Waals surface area (Å²) in [5.74, 6) is -3.54. The second kappa shape index (κ2) is 9.06. The first-order valence-corrected chi connectivity index (χ1v) is 9.86. The lowest BCUT2D eigenvalue weighted by Crippen LogP contribution is -2.45. The predicted molar refractivity (Wildman–Crippen MR) is 104 cm³/mol. The van der Waals surface area contributed by atoms with Crippen molar-refractivity contribution in [3.8, 4) is 0 Å². The normalized spacial score (nSPS) is 21.6. The summed E-state index contributed by atoms with van der Waals surface area (Å²) in [5, 5.41) is 2.48. The minimum absolute atomic E-state index is 0.156. The number of amides is 3. The van der Waals surface area contributed by atoms with E-state index < -0.39 is 30.5 Å². The Morgan fingerprint density at radius 3 is 2.30 bits per heavy atom. The number of rotatable bonds is 6. The highest BCUT2D eigenvalue weighted by molar-refractivity contribution is 6.08. The Kier molecular flexibility index (Phi) is 6.49. The molecule has 1 saturated carbocycles. The summed E-state index contributed by atoms with van der Waals surface area (Å²) in [6.45, 7) is 0.793. The average Bonchev–Trinajstić information content (AvgIpc) is 3.01. The first-order valence-electron chi connectivity index (χ1n) is 9.86. The molecule has 1 aliphatic heterocycles. The highest BCUT2D eigenvalue weighted by atomic mass is 16.5. The molecule has 0 unspecified atom stereocenters. The van der Waals surface area contributed by atoms with E-state index in [1.165, 1.54) is 26.2 Å². The molecule has 30 heavy (non-hydrogen) atoms. The SMILES string of the molecule is COC(=O)c1ccccc1NC(=O)COC(=O)[C@H](C)N1C(=O)[C@H]2CCCC[C@H]2C1=O. The highest BCUT2D eigenvalue weighted by Crippen LogP contribution is 2.38. The lowest BCUT2D eigenvalue weighted by atomic mass is 9.81. The van der Waals surface area contributed by atoms with Crippen molar-refractivity contribution in [2.75, 3.05) is 19.0 Å². The Morgan fingerprint density at radius 2 is 1.70 bits per heavy atom. The Morgan fingerprint density at radius 1 is 1.10 bits per heavy atom. The van der Waals surface area contributed by atoms with E-state index in [1.54, 1.807) is 12.1 Å². The van der Waals surface area contributed by atoms with E-state index in [9.17, 15) is 24.0 Å².